The number of carbonyl (C=O) groups excluding carboxylic acids is 1. The first-order valence-electron chi connectivity index (χ1n) is 15.9. The second kappa shape index (κ2) is 13.9. The molecule has 0 aliphatic heterocycles. The molecule has 0 saturated carbocycles. The molecule has 0 spiro atoms. The van der Waals surface area contributed by atoms with Crippen molar-refractivity contribution >= 4 is 45.8 Å². The number of carbonyl (C=O) groups is 1. The summed E-state index contributed by atoms with van der Waals surface area (Å²) in [6, 6.07) is 60.3. The Balaban J connectivity index is 1.29. The van der Waals surface area contributed by atoms with Gasteiger partial charge in [0.2, 0.25) is 0 Å². The Morgan fingerprint density at radius 3 is 1.49 bits per heavy atom. The average Bonchev–Trinajstić information content (AvgIpc) is 3.16. The van der Waals surface area contributed by atoms with E-state index >= 15 is 0 Å². The monoisotopic (exact) mass is 658 g/mol. The Morgan fingerprint density at radius 2 is 0.959 bits per heavy atom. The van der Waals surface area contributed by atoms with E-state index in [1.807, 2.05) is 48.5 Å². The number of phenolic OH excluding ortho intramolecular Hbond substituents is 2. The summed E-state index contributed by atoms with van der Waals surface area (Å²) in [7, 11) is -2.29. The van der Waals surface area contributed by atoms with Crippen molar-refractivity contribution in [2.75, 3.05) is 4.90 Å². The van der Waals surface area contributed by atoms with E-state index in [9.17, 15) is 15.0 Å². The van der Waals surface area contributed by atoms with E-state index in [4.69, 9.17) is 4.74 Å². The molecule has 0 saturated heterocycles. The molecule has 0 aliphatic rings. The van der Waals surface area contributed by atoms with E-state index in [2.05, 4.69) is 84.9 Å². The van der Waals surface area contributed by atoms with Crippen LogP contribution in [0.15, 0.2) is 188 Å². The second-order valence-electron chi connectivity index (χ2n) is 11.4. The van der Waals surface area contributed by atoms with Gasteiger partial charge >= 0.3 is 0 Å². The number of rotatable bonds is 9. The van der Waals surface area contributed by atoms with Gasteiger partial charge in [0.15, 0.2) is 11.5 Å². The van der Waals surface area contributed by atoms with Crippen LogP contribution in [0.3, 0.4) is 0 Å². The number of ether oxygens (including phenoxy) is 1. The number of aromatic hydroxyl groups is 2. The van der Waals surface area contributed by atoms with Crippen molar-refractivity contribution in [1.82, 2.24) is 0 Å². The molecule has 6 heteroatoms. The molecule has 0 aliphatic carbocycles. The predicted octanol–water partition coefficient (Wildman–Crippen LogP) is 8.49. The van der Waals surface area contributed by atoms with Crippen LogP contribution in [0.4, 0.5) is 11.4 Å². The number of benzene rings is 7. The van der Waals surface area contributed by atoms with Gasteiger partial charge in [0.1, 0.15) is 40.0 Å². The summed E-state index contributed by atoms with van der Waals surface area (Å²) >= 11 is 0. The SMILES string of the molecule is O=C(c1ccccc1O)N(c1ccccc1)c1cccc(Oc2ccc([P+](c3ccccc3)(c3ccccc3)c3ccccc3)cc2)c1O. The van der Waals surface area contributed by atoms with E-state index in [1.54, 1.807) is 48.5 Å². The Bertz CT molecular complexity index is 2080. The van der Waals surface area contributed by atoms with Crippen molar-refractivity contribution in [2.45, 2.75) is 0 Å². The maximum absolute atomic E-state index is 13.9. The minimum absolute atomic E-state index is 0.106. The molecule has 1 amide bonds. The van der Waals surface area contributed by atoms with Crippen molar-refractivity contribution in [3.8, 4) is 23.0 Å². The smallest absolute Gasteiger partial charge is 0.266 e. The number of para-hydroxylation sites is 3. The zero-order valence-electron chi connectivity index (χ0n) is 26.5. The number of hydrogen-bond donors (Lipinski definition) is 2. The summed E-state index contributed by atoms with van der Waals surface area (Å²) in [5.41, 5.74) is 0.848. The maximum atomic E-state index is 13.9. The number of hydrogen-bond acceptors (Lipinski definition) is 4. The van der Waals surface area contributed by atoms with E-state index in [1.165, 1.54) is 26.9 Å². The molecule has 2 N–H and O–H groups in total. The Labute approximate surface area is 286 Å². The zero-order chi connectivity index (χ0) is 33.6. The molecule has 49 heavy (non-hydrogen) atoms. The second-order valence-corrected chi connectivity index (χ2v) is 14.8. The Hall–Kier alpha value is -6.16. The number of amides is 1. The van der Waals surface area contributed by atoms with Crippen LogP contribution in [0.2, 0.25) is 0 Å². The summed E-state index contributed by atoms with van der Waals surface area (Å²) in [6.07, 6.45) is 0. The number of nitrogens with zero attached hydrogens (tertiary/aromatic N) is 1. The lowest BCUT2D eigenvalue weighted by molar-refractivity contribution is 0.0996. The summed E-state index contributed by atoms with van der Waals surface area (Å²) in [4.78, 5) is 15.3. The predicted molar refractivity (Wildman–Crippen MR) is 200 cm³/mol. The zero-order valence-corrected chi connectivity index (χ0v) is 27.4. The molecular formula is C43H33NO4P+. The van der Waals surface area contributed by atoms with Gasteiger partial charge in [-0.2, -0.15) is 0 Å². The topological polar surface area (TPSA) is 70.0 Å². The van der Waals surface area contributed by atoms with Gasteiger partial charge in [0.25, 0.3) is 5.91 Å². The average molecular weight is 659 g/mol. The van der Waals surface area contributed by atoms with Crippen molar-refractivity contribution in [2.24, 2.45) is 0 Å². The Kier molecular flexibility index (Phi) is 8.92. The van der Waals surface area contributed by atoms with Gasteiger partial charge in [-0.3, -0.25) is 9.69 Å². The first-order valence-corrected chi connectivity index (χ1v) is 17.7. The van der Waals surface area contributed by atoms with Crippen LogP contribution in [0.5, 0.6) is 23.0 Å². The molecule has 0 unspecified atom stereocenters. The minimum atomic E-state index is -2.29. The molecule has 7 rings (SSSR count). The fourth-order valence-electron chi connectivity index (χ4n) is 6.21. The van der Waals surface area contributed by atoms with Crippen LogP contribution in [-0.2, 0) is 0 Å². The third kappa shape index (κ3) is 6.04. The van der Waals surface area contributed by atoms with Crippen LogP contribution < -0.4 is 30.9 Å². The summed E-state index contributed by atoms with van der Waals surface area (Å²) in [5.74, 6) is -0.142. The van der Waals surface area contributed by atoms with Crippen molar-refractivity contribution in [3.63, 3.8) is 0 Å². The Morgan fingerprint density at radius 1 is 0.490 bits per heavy atom. The molecule has 0 radical (unpaired) electrons. The molecule has 0 fully saturated rings. The van der Waals surface area contributed by atoms with E-state index in [0.717, 1.165) is 5.30 Å². The van der Waals surface area contributed by atoms with Gasteiger partial charge in [-0.1, -0.05) is 91.0 Å². The lowest BCUT2D eigenvalue weighted by atomic mass is 10.1. The molecular weight excluding hydrogens is 625 g/mol. The molecule has 5 nitrogen and oxygen atoms in total. The van der Waals surface area contributed by atoms with Crippen LogP contribution in [0, 0.1) is 0 Å². The highest BCUT2D eigenvalue weighted by molar-refractivity contribution is 8.01. The third-order valence-corrected chi connectivity index (χ3v) is 12.7. The van der Waals surface area contributed by atoms with Gasteiger partial charge in [-0.15, -0.1) is 0 Å². The van der Waals surface area contributed by atoms with Crippen LogP contribution in [0.1, 0.15) is 10.4 Å². The molecule has 0 heterocycles. The van der Waals surface area contributed by atoms with Gasteiger partial charge in [-0.25, -0.2) is 0 Å². The maximum Gasteiger partial charge on any atom is 0.266 e. The number of phenols is 2. The summed E-state index contributed by atoms with van der Waals surface area (Å²) < 4.78 is 6.30. The lowest BCUT2D eigenvalue weighted by Crippen LogP contribution is -2.38. The molecule has 7 aromatic rings. The summed E-state index contributed by atoms with van der Waals surface area (Å²) in [6.45, 7) is 0. The minimum Gasteiger partial charge on any atom is -0.507 e. The molecule has 0 atom stereocenters. The number of anilines is 2. The van der Waals surface area contributed by atoms with Crippen LogP contribution in [0.25, 0.3) is 0 Å². The van der Waals surface area contributed by atoms with Gasteiger partial charge in [0, 0.05) is 5.69 Å². The third-order valence-electron chi connectivity index (χ3n) is 8.45. The quantitative estimate of drug-likeness (QED) is 0.153. The van der Waals surface area contributed by atoms with Crippen LogP contribution in [-0.4, -0.2) is 16.1 Å². The molecule has 0 bridgehead atoms. The first-order chi connectivity index (χ1) is 24.1. The van der Waals surface area contributed by atoms with Gasteiger partial charge < -0.3 is 14.9 Å². The normalized spacial score (nSPS) is 11.1. The lowest BCUT2D eigenvalue weighted by Gasteiger charge is -2.27. The molecule has 0 aromatic heterocycles. The first kappa shape index (κ1) is 31.4. The van der Waals surface area contributed by atoms with E-state index in [-0.39, 0.29) is 28.5 Å². The largest absolute Gasteiger partial charge is 0.507 e. The fraction of sp³-hybridized carbons (Fsp3) is 0. The van der Waals surface area contributed by atoms with Crippen LogP contribution >= 0.6 is 7.26 Å². The standard InChI is InChI=1S/C43H32NO4P/c45-40-26-14-13-24-38(40)43(47)44(32-16-5-1-6-17-32)39-25-15-27-41(42(39)46)48-33-28-30-37(31-29-33)49(34-18-7-2-8-19-34,35-20-9-3-10-21-35)36-22-11-4-12-23-36/h1-31H,(H-,45,46,47)/p+1. The van der Waals surface area contributed by atoms with Gasteiger partial charge in [-0.05, 0) is 97.1 Å². The highest BCUT2D eigenvalue weighted by atomic mass is 31.2. The molecule has 238 valence electrons. The molecule has 7 aromatic carbocycles. The summed E-state index contributed by atoms with van der Waals surface area (Å²) in [5, 5.41) is 27.0. The van der Waals surface area contributed by atoms with Crippen molar-refractivity contribution in [1.29, 1.82) is 0 Å². The highest BCUT2D eigenvalue weighted by Crippen LogP contribution is 2.54. The van der Waals surface area contributed by atoms with E-state index < -0.39 is 13.2 Å². The van der Waals surface area contributed by atoms with Gasteiger partial charge in [0.05, 0.1) is 11.3 Å². The van der Waals surface area contributed by atoms with Crippen molar-refractivity contribution < 1.29 is 19.7 Å². The fourth-order valence-corrected chi connectivity index (χ4v) is 10.4. The van der Waals surface area contributed by atoms with Crippen molar-refractivity contribution in [3.05, 3.63) is 194 Å². The van der Waals surface area contributed by atoms with E-state index in [0.29, 0.717) is 11.4 Å². The highest BCUT2D eigenvalue weighted by Gasteiger charge is 2.47.